The molecule has 0 aromatic heterocycles. The number of carbonyl (C=O) groups is 1. The van der Waals surface area contributed by atoms with E-state index in [-0.39, 0.29) is 12.2 Å². The Kier molecular flexibility index (Phi) is 5.35. The maximum absolute atomic E-state index is 11.1. The van der Waals surface area contributed by atoms with Gasteiger partial charge in [0.2, 0.25) is 6.29 Å². The van der Waals surface area contributed by atoms with Gasteiger partial charge in [-0.15, -0.1) is 0 Å². The highest BCUT2D eigenvalue weighted by atomic mass is 16.6. The zero-order chi connectivity index (χ0) is 13.5. The van der Waals surface area contributed by atoms with Gasteiger partial charge in [-0.2, -0.15) is 0 Å². The van der Waals surface area contributed by atoms with E-state index in [0.717, 1.165) is 0 Å². The molecule has 2 atom stereocenters. The topological polar surface area (TPSA) is 76.0 Å². The molecular weight excluding hydrogens is 236 g/mol. The first-order valence-corrected chi connectivity index (χ1v) is 5.41. The number of esters is 1. The van der Waals surface area contributed by atoms with Gasteiger partial charge in [0, 0.05) is 5.57 Å². The summed E-state index contributed by atoms with van der Waals surface area (Å²) in [6.07, 6.45) is -2.97. The lowest BCUT2D eigenvalue weighted by molar-refractivity contribution is -0.185. The molecular formula is C13H16O5. The SMILES string of the molecule is C=C(C)C(=O)OC(O)C(O)COc1ccccc1. The van der Waals surface area contributed by atoms with Gasteiger partial charge in [-0.05, 0) is 19.1 Å². The quantitative estimate of drug-likeness (QED) is 0.446. The van der Waals surface area contributed by atoms with E-state index in [0.29, 0.717) is 5.75 Å². The second-order valence-corrected chi connectivity index (χ2v) is 3.77. The molecule has 0 radical (unpaired) electrons. The molecule has 0 amide bonds. The molecule has 0 aliphatic heterocycles. The Bertz CT molecular complexity index is 401. The molecule has 18 heavy (non-hydrogen) atoms. The third-order valence-corrected chi connectivity index (χ3v) is 2.07. The van der Waals surface area contributed by atoms with Crippen LogP contribution in [0.4, 0.5) is 0 Å². The fourth-order valence-electron chi connectivity index (χ4n) is 1.07. The summed E-state index contributed by atoms with van der Waals surface area (Å²) in [6, 6.07) is 8.79. The lowest BCUT2D eigenvalue weighted by Gasteiger charge is -2.18. The van der Waals surface area contributed by atoms with Gasteiger partial charge >= 0.3 is 5.97 Å². The van der Waals surface area contributed by atoms with Crippen molar-refractivity contribution in [1.82, 2.24) is 0 Å². The fourth-order valence-corrected chi connectivity index (χ4v) is 1.07. The van der Waals surface area contributed by atoms with Crippen LogP contribution in [-0.2, 0) is 9.53 Å². The largest absolute Gasteiger partial charge is 0.491 e. The van der Waals surface area contributed by atoms with Crippen molar-refractivity contribution in [3.8, 4) is 5.75 Å². The summed E-state index contributed by atoms with van der Waals surface area (Å²) in [5.41, 5.74) is 0.144. The van der Waals surface area contributed by atoms with Crippen molar-refractivity contribution >= 4 is 5.97 Å². The van der Waals surface area contributed by atoms with Crippen LogP contribution >= 0.6 is 0 Å². The zero-order valence-electron chi connectivity index (χ0n) is 10.1. The van der Waals surface area contributed by atoms with Crippen molar-refractivity contribution in [2.24, 2.45) is 0 Å². The predicted molar refractivity (Wildman–Crippen MR) is 64.9 cm³/mol. The Balaban J connectivity index is 2.38. The lowest BCUT2D eigenvalue weighted by Crippen LogP contribution is -2.35. The summed E-state index contributed by atoms with van der Waals surface area (Å²) < 4.78 is 9.76. The van der Waals surface area contributed by atoms with Gasteiger partial charge in [0.05, 0.1) is 0 Å². The molecule has 5 nitrogen and oxygen atoms in total. The van der Waals surface area contributed by atoms with Crippen LogP contribution in [0.2, 0.25) is 0 Å². The highest BCUT2D eigenvalue weighted by molar-refractivity contribution is 5.87. The smallest absolute Gasteiger partial charge is 0.335 e. The third kappa shape index (κ3) is 4.57. The summed E-state index contributed by atoms with van der Waals surface area (Å²) in [4.78, 5) is 11.1. The van der Waals surface area contributed by atoms with Crippen LogP contribution in [0.25, 0.3) is 0 Å². The maximum Gasteiger partial charge on any atom is 0.335 e. The van der Waals surface area contributed by atoms with E-state index in [1.165, 1.54) is 6.92 Å². The van der Waals surface area contributed by atoms with E-state index in [9.17, 15) is 15.0 Å². The Labute approximate surface area is 105 Å². The number of benzene rings is 1. The van der Waals surface area contributed by atoms with Crippen LogP contribution in [0.3, 0.4) is 0 Å². The van der Waals surface area contributed by atoms with E-state index in [1.54, 1.807) is 24.3 Å². The Hall–Kier alpha value is -1.85. The van der Waals surface area contributed by atoms with Gasteiger partial charge in [0.1, 0.15) is 18.5 Å². The van der Waals surface area contributed by atoms with Gasteiger partial charge in [-0.25, -0.2) is 4.79 Å². The second-order valence-electron chi connectivity index (χ2n) is 3.77. The average molecular weight is 252 g/mol. The molecule has 0 saturated carbocycles. The van der Waals surface area contributed by atoms with Crippen molar-refractivity contribution in [2.45, 2.75) is 19.3 Å². The van der Waals surface area contributed by atoms with Gasteiger partial charge < -0.3 is 19.7 Å². The first kappa shape index (κ1) is 14.2. The van der Waals surface area contributed by atoms with Crippen LogP contribution in [0.5, 0.6) is 5.75 Å². The molecule has 1 aromatic carbocycles. The van der Waals surface area contributed by atoms with Crippen LogP contribution < -0.4 is 4.74 Å². The summed E-state index contributed by atoms with van der Waals surface area (Å²) in [6.45, 7) is 4.62. The van der Waals surface area contributed by atoms with E-state index in [1.807, 2.05) is 6.07 Å². The van der Waals surface area contributed by atoms with Crippen LogP contribution in [-0.4, -0.2) is 35.2 Å². The minimum atomic E-state index is -1.64. The molecule has 0 fully saturated rings. The molecule has 0 heterocycles. The molecule has 0 aliphatic rings. The Morgan fingerprint density at radius 2 is 1.94 bits per heavy atom. The first-order valence-electron chi connectivity index (χ1n) is 5.41. The number of aliphatic hydroxyl groups excluding tert-OH is 2. The number of rotatable bonds is 6. The predicted octanol–water partition coefficient (Wildman–Crippen LogP) is 0.864. The van der Waals surface area contributed by atoms with Crippen molar-refractivity contribution in [3.63, 3.8) is 0 Å². The standard InChI is InChI=1S/C13H16O5/c1-9(2)12(15)18-13(16)11(14)8-17-10-6-4-3-5-7-10/h3-7,11,13-14,16H,1,8H2,2H3. The van der Waals surface area contributed by atoms with Crippen LogP contribution in [0, 0.1) is 0 Å². The molecule has 2 unspecified atom stereocenters. The molecule has 0 spiro atoms. The summed E-state index contributed by atoms with van der Waals surface area (Å²) in [5.74, 6) is -0.212. The zero-order valence-corrected chi connectivity index (χ0v) is 10.1. The average Bonchev–Trinajstić information content (AvgIpc) is 2.36. The fraction of sp³-hybridized carbons (Fsp3) is 0.308. The van der Waals surface area contributed by atoms with Crippen LogP contribution in [0.15, 0.2) is 42.5 Å². The van der Waals surface area contributed by atoms with Gasteiger partial charge in [0.25, 0.3) is 0 Å². The third-order valence-electron chi connectivity index (χ3n) is 2.07. The maximum atomic E-state index is 11.1. The molecule has 0 bridgehead atoms. The van der Waals surface area contributed by atoms with Gasteiger partial charge in [-0.1, -0.05) is 24.8 Å². The van der Waals surface area contributed by atoms with E-state index >= 15 is 0 Å². The van der Waals surface area contributed by atoms with Gasteiger partial charge in [-0.3, -0.25) is 0 Å². The molecule has 2 N–H and O–H groups in total. The van der Waals surface area contributed by atoms with E-state index < -0.39 is 18.4 Å². The summed E-state index contributed by atoms with van der Waals surface area (Å²) in [7, 11) is 0. The number of hydrogen-bond acceptors (Lipinski definition) is 5. The van der Waals surface area contributed by atoms with Gasteiger partial charge in [0.15, 0.2) is 0 Å². The minimum absolute atomic E-state index is 0.144. The molecule has 98 valence electrons. The molecule has 1 rings (SSSR count). The molecule has 1 aromatic rings. The molecule has 0 saturated heterocycles. The monoisotopic (exact) mass is 252 g/mol. The number of carbonyl (C=O) groups excluding carboxylic acids is 1. The van der Waals surface area contributed by atoms with Crippen molar-refractivity contribution < 1.29 is 24.5 Å². The minimum Gasteiger partial charge on any atom is -0.491 e. The normalized spacial score (nSPS) is 13.5. The van der Waals surface area contributed by atoms with E-state index in [4.69, 9.17) is 4.74 Å². The van der Waals surface area contributed by atoms with E-state index in [2.05, 4.69) is 11.3 Å². The number of aliphatic hydroxyl groups is 2. The number of hydrogen-bond donors (Lipinski definition) is 2. The summed E-state index contributed by atoms with van der Waals surface area (Å²) in [5, 5.41) is 18.9. The molecule has 5 heteroatoms. The Morgan fingerprint density at radius 3 is 2.50 bits per heavy atom. The summed E-state index contributed by atoms with van der Waals surface area (Å²) >= 11 is 0. The second kappa shape index (κ2) is 6.78. The first-order chi connectivity index (χ1) is 8.50. The molecule has 0 aliphatic carbocycles. The van der Waals surface area contributed by atoms with Crippen LogP contribution in [0.1, 0.15) is 6.92 Å². The number of para-hydroxylation sites is 1. The lowest BCUT2D eigenvalue weighted by atomic mass is 10.3. The van der Waals surface area contributed by atoms with Crippen molar-refractivity contribution in [1.29, 1.82) is 0 Å². The highest BCUT2D eigenvalue weighted by Gasteiger charge is 2.21. The van der Waals surface area contributed by atoms with Crippen molar-refractivity contribution in [2.75, 3.05) is 6.61 Å². The number of ether oxygens (including phenoxy) is 2. The highest BCUT2D eigenvalue weighted by Crippen LogP contribution is 2.10. The Morgan fingerprint density at radius 1 is 1.33 bits per heavy atom. The van der Waals surface area contributed by atoms with Crippen molar-refractivity contribution in [3.05, 3.63) is 42.5 Å².